The first-order valence-electron chi connectivity index (χ1n) is 6.67. The molecule has 0 spiro atoms. The quantitative estimate of drug-likeness (QED) is 0.715. The summed E-state index contributed by atoms with van der Waals surface area (Å²) in [4.78, 5) is 10.7. The van der Waals surface area contributed by atoms with E-state index in [-0.39, 0.29) is 12.8 Å². The van der Waals surface area contributed by atoms with E-state index in [1.807, 2.05) is 6.07 Å². The van der Waals surface area contributed by atoms with Gasteiger partial charge in [0.2, 0.25) is 0 Å². The van der Waals surface area contributed by atoms with Crippen molar-refractivity contribution in [3.8, 4) is 0 Å². The van der Waals surface area contributed by atoms with Gasteiger partial charge in [-0.1, -0.05) is 30.3 Å². The molecule has 0 heterocycles. The molecule has 0 aliphatic heterocycles. The molecule has 0 saturated carbocycles. The fourth-order valence-electron chi connectivity index (χ4n) is 1.87. The Bertz CT molecular complexity index is 564. The van der Waals surface area contributed by atoms with Gasteiger partial charge in [0.15, 0.2) is 0 Å². The Morgan fingerprint density at radius 2 is 1.81 bits per heavy atom. The zero-order chi connectivity index (χ0) is 16.1. The van der Waals surface area contributed by atoms with Crippen LogP contribution in [-0.2, 0) is 15.0 Å². The molecule has 0 bridgehead atoms. The van der Waals surface area contributed by atoms with Gasteiger partial charge in [-0.15, -0.1) is 0 Å². The van der Waals surface area contributed by atoms with Gasteiger partial charge in [-0.2, -0.15) is 17.9 Å². The van der Waals surface area contributed by atoms with Crippen LogP contribution in [0.5, 0.6) is 0 Å². The third-order valence-electron chi connectivity index (χ3n) is 2.59. The van der Waals surface area contributed by atoms with Gasteiger partial charge in [0.05, 0.1) is 0 Å². The van der Waals surface area contributed by atoms with Gasteiger partial charge in [-0.3, -0.25) is 4.79 Å². The Kier molecular flexibility index (Phi) is 5.88. The van der Waals surface area contributed by atoms with Crippen LogP contribution in [0.1, 0.15) is 45.2 Å². The van der Waals surface area contributed by atoms with Crippen LogP contribution in [0.2, 0.25) is 0 Å². The number of nitrogens with one attached hydrogen (secondary N) is 2. The molecule has 7 heteroatoms. The number of hydrogen-bond donors (Lipinski definition) is 3. The molecule has 0 aliphatic carbocycles. The molecular weight excluding hydrogens is 292 g/mol. The van der Waals surface area contributed by atoms with Crippen molar-refractivity contribution < 1.29 is 18.3 Å². The van der Waals surface area contributed by atoms with Gasteiger partial charge in [0, 0.05) is 18.0 Å². The summed E-state index contributed by atoms with van der Waals surface area (Å²) in [6.45, 7) is 5.21. The first-order valence-corrected chi connectivity index (χ1v) is 8.15. The molecule has 0 amide bonds. The van der Waals surface area contributed by atoms with E-state index in [2.05, 4.69) is 9.44 Å². The van der Waals surface area contributed by atoms with Crippen LogP contribution in [-0.4, -0.2) is 25.0 Å². The van der Waals surface area contributed by atoms with Gasteiger partial charge in [-0.05, 0) is 32.8 Å². The first kappa shape index (κ1) is 17.6. The van der Waals surface area contributed by atoms with E-state index in [1.54, 1.807) is 45.0 Å². The number of carbonyl (C=O) groups is 1. The van der Waals surface area contributed by atoms with Crippen molar-refractivity contribution in [2.45, 2.75) is 45.2 Å². The highest BCUT2D eigenvalue weighted by Crippen LogP contribution is 2.19. The molecule has 0 radical (unpaired) electrons. The Morgan fingerprint density at radius 3 is 2.29 bits per heavy atom. The summed E-state index contributed by atoms with van der Waals surface area (Å²) >= 11 is 0. The number of carboxylic acid groups (broad SMARTS) is 1. The lowest BCUT2D eigenvalue weighted by atomic mass is 10.0. The summed E-state index contributed by atoms with van der Waals surface area (Å²) in [5.41, 5.74) is 0.123. The lowest BCUT2D eigenvalue weighted by Gasteiger charge is -2.24. The minimum atomic E-state index is -3.73. The van der Waals surface area contributed by atoms with Crippen molar-refractivity contribution in [1.82, 2.24) is 9.44 Å². The highest BCUT2D eigenvalue weighted by molar-refractivity contribution is 7.87. The van der Waals surface area contributed by atoms with Crippen LogP contribution >= 0.6 is 0 Å². The molecule has 3 N–H and O–H groups in total. The second kappa shape index (κ2) is 7.02. The average Bonchev–Trinajstić information content (AvgIpc) is 2.32. The second-order valence-electron chi connectivity index (χ2n) is 5.87. The SMILES string of the molecule is CC(C)(C)NS(=O)(=O)NC(CCC(=O)O)c1ccccc1. The van der Waals surface area contributed by atoms with Crippen LogP contribution in [0.25, 0.3) is 0 Å². The zero-order valence-corrected chi connectivity index (χ0v) is 13.3. The van der Waals surface area contributed by atoms with Crippen molar-refractivity contribution in [3.05, 3.63) is 35.9 Å². The molecule has 21 heavy (non-hydrogen) atoms. The number of carboxylic acids is 1. The van der Waals surface area contributed by atoms with E-state index in [9.17, 15) is 13.2 Å². The van der Waals surface area contributed by atoms with Gasteiger partial charge in [0.25, 0.3) is 10.2 Å². The lowest BCUT2D eigenvalue weighted by Crippen LogP contribution is -2.47. The summed E-state index contributed by atoms with van der Waals surface area (Å²) in [5, 5.41) is 8.80. The molecule has 6 nitrogen and oxygen atoms in total. The summed E-state index contributed by atoms with van der Waals surface area (Å²) in [5.74, 6) is -0.959. The van der Waals surface area contributed by atoms with E-state index in [0.717, 1.165) is 5.56 Å². The largest absolute Gasteiger partial charge is 0.481 e. The van der Waals surface area contributed by atoms with Gasteiger partial charge < -0.3 is 5.11 Å². The summed E-state index contributed by atoms with van der Waals surface area (Å²) in [7, 11) is -3.73. The number of rotatable bonds is 7. The van der Waals surface area contributed by atoms with E-state index in [0.29, 0.717) is 0 Å². The highest BCUT2D eigenvalue weighted by atomic mass is 32.2. The molecule has 0 fully saturated rings. The topological polar surface area (TPSA) is 95.5 Å². The minimum Gasteiger partial charge on any atom is -0.481 e. The van der Waals surface area contributed by atoms with Crippen LogP contribution in [0.4, 0.5) is 0 Å². The molecule has 1 unspecified atom stereocenters. The predicted molar refractivity (Wildman–Crippen MR) is 81.0 cm³/mol. The van der Waals surface area contributed by atoms with Crippen LogP contribution in [0, 0.1) is 0 Å². The van der Waals surface area contributed by atoms with Crippen LogP contribution < -0.4 is 9.44 Å². The molecule has 1 aromatic rings. The molecule has 1 atom stereocenters. The molecule has 0 aromatic heterocycles. The van der Waals surface area contributed by atoms with Crippen LogP contribution in [0.3, 0.4) is 0 Å². The van der Waals surface area contributed by atoms with Gasteiger partial charge in [0.1, 0.15) is 0 Å². The number of benzene rings is 1. The standard InChI is InChI=1S/C14H22N2O4S/c1-14(2,3)16-21(19,20)15-12(9-10-13(17)18)11-7-5-4-6-8-11/h4-8,12,15-16H,9-10H2,1-3H3,(H,17,18). The maximum Gasteiger partial charge on any atom is 0.303 e. The fourth-order valence-corrected chi connectivity index (χ4v) is 3.36. The fraction of sp³-hybridized carbons (Fsp3) is 0.500. The van der Waals surface area contributed by atoms with E-state index in [1.165, 1.54) is 0 Å². The second-order valence-corrected chi connectivity index (χ2v) is 7.32. The van der Waals surface area contributed by atoms with E-state index < -0.39 is 27.8 Å². The average molecular weight is 314 g/mol. The normalized spacial score (nSPS) is 13.9. The van der Waals surface area contributed by atoms with Crippen molar-refractivity contribution >= 4 is 16.2 Å². The Morgan fingerprint density at radius 1 is 1.24 bits per heavy atom. The monoisotopic (exact) mass is 314 g/mol. The summed E-state index contributed by atoms with van der Waals surface area (Å²) in [6.07, 6.45) is 0.0714. The number of aliphatic carboxylic acids is 1. The Hall–Kier alpha value is -1.44. The predicted octanol–water partition coefficient (Wildman–Crippen LogP) is 1.81. The number of hydrogen-bond acceptors (Lipinski definition) is 3. The maximum atomic E-state index is 12.1. The molecule has 1 rings (SSSR count). The van der Waals surface area contributed by atoms with Crippen molar-refractivity contribution in [2.24, 2.45) is 0 Å². The maximum absolute atomic E-state index is 12.1. The molecule has 1 aromatic carbocycles. The summed E-state index contributed by atoms with van der Waals surface area (Å²) in [6, 6.07) is 8.35. The lowest BCUT2D eigenvalue weighted by molar-refractivity contribution is -0.137. The van der Waals surface area contributed by atoms with Gasteiger partial charge >= 0.3 is 5.97 Å². The highest BCUT2D eigenvalue weighted by Gasteiger charge is 2.24. The molecule has 118 valence electrons. The zero-order valence-electron chi connectivity index (χ0n) is 12.5. The third-order valence-corrected chi connectivity index (χ3v) is 4.06. The minimum absolute atomic E-state index is 0.113. The first-order chi connectivity index (χ1) is 9.59. The smallest absolute Gasteiger partial charge is 0.303 e. The third kappa shape index (κ3) is 7.22. The molecule has 0 saturated heterocycles. The van der Waals surface area contributed by atoms with Crippen molar-refractivity contribution in [3.63, 3.8) is 0 Å². The summed E-state index contributed by atoms with van der Waals surface area (Å²) < 4.78 is 29.2. The van der Waals surface area contributed by atoms with Crippen LogP contribution in [0.15, 0.2) is 30.3 Å². The molecule has 0 aliphatic rings. The van der Waals surface area contributed by atoms with Crippen molar-refractivity contribution in [1.29, 1.82) is 0 Å². The molecular formula is C14H22N2O4S. The van der Waals surface area contributed by atoms with Gasteiger partial charge in [-0.25, -0.2) is 0 Å². The Labute approximate surface area is 125 Å². The van der Waals surface area contributed by atoms with E-state index in [4.69, 9.17) is 5.11 Å². The Balaban J connectivity index is 2.90. The van der Waals surface area contributed by atoms with E-state index >= 15 is 0 Å². The van der Waals surface area contributed by atoms with Crippen molar-refractivity contribution in [2.75, 3.05) is 0 Å².